The van der Waals surface area contributed by atoms with E-state index in [1.165, 1.54) is 0 Å². The molecule has 0 saturated carbocycles. The maximum Gasteiger partial charge on any atom is 0.205 e. The molecule has 0 bridgehead atoms. The Morgan fingerprint density at radius 1 is 1.50 bits per heavy atom. The Labute approximate surface area is 65.9 Å². The van der Waals surface area contributed by atoms with Crippen LogP contribution in [0.1, 0.15) is 25.7 Å². The summed E-state index contributed by atoms with van der Waals surface area (Å²) in [6, 6.07) is 0.369. The van der Waals surface area contributed by atoms with E-state index in [4.69, 9.17) is 0 Å². The van der Waals surface area contributed by atoms with Crippen LogP contribution in [0.4, 0.5) is 0 Å². The molecule has 56 valence electrons. The Balaban J connectivity index is 3.03. The molecule has 0 unspecified atom stereocenters. The molecule has 3 nitrogen and oxygen atoms in total. The van der Waals surface area contributed by atoms with Crippen molar-refractivity contribution in [1.29, 1.82) is 0 Å². The molecule has 0 radical (unpaired) electrons. The molecule has 0 N–H and O–H groups in total. The number of thiol groups is 1. The minimum absolute atomic E-state index is 0.369. The molecule has 0 aromatic carbocycles. The van der Waals surface area contributed by atoms with Gasteiger partial charge in [-0.15, -0.1) is 17.7 Å². The Morgan fingerprint density at radius 2 is 2.10 bits per heavy atom. The molecule has 1 aromatic heterocycles. The summed E-state index contributed by atoms with van der Waals surface area (Å²) in [6.07, 6.45) is 0. The van der Waals surface area contributed by atoms with Crippen LogP contribution in [0.2, 0.25) is 0 Å². The van der Waals surface area contributed by atoms with Gasteiger partial charge >= 0.3 is 0 Å². The molecule has 10 heavy (non-hydrogen) atoms. The molecule has 0 aliphatic rings. The second-order valence-electron chi connectivity index (χ2n) is 2.50. The van der Waals surface area contributed by atoms with Crippen molar-refractivity contribution in [1.82, 2.24) is 14.8 Å². The first-order chi connectivity index (χ1) is 4.61. The third-order valence-electron chi connectivity index (χ3n) is 1.28. The van der Waals surface area contributed by atoms with Gasteiger partial charge in [-0.2, -0.15) is 0 Å². The summed E-state index contributed by atoms with van der Waals surface area (Å²) < 4.78 is 1.85. The maximum absolute atomic E-state index is 4.08. The van der Waals surface area contributed by atoms with Crippen LogP contribution in [-0.4, -0.2) is 14.8 Å². The zero-order chi connectivity index (χ0) is 7.72. The molecule has 1 heterocycles. The summed E-state index contributed by atoms with van der Waals surface area (Å²) in [6.45, 7) is 6.05. The Hall–Kier alpha value is -0.510. The molecule has 0 spiro atoms. The number of hydrogen-bond acceptors (Lipinski definition) is 3. The Bertz CT molecular complexity index is 229. The first-order valence-corrected chi connectivity index (χ1v) is 3.68. The van der Waals surface area contributed by atoms with Crippen LogP contribution in [-0.2, 0) is 0 Å². The number of rotatable bonds is 1. The van der Waals surface area contributed by atoms with E-state index in [-0.39, 0.29) is 0 Å². The first-order valence-electron chi connectivity index (χ1n) is 3.23. The standard InChI is InChI=1S/C6H11N3S/c1-4(2)9-5(3)7-6(10)8-9/h4H,1-3H3,(H,8,10). The average molecular weight is 157 g/mol. The fourth-order valence-electron chi connectivity index (χ4n) is 0.876. The minimum atomic E-state index is 0.369. The Morgan fingerprint density at radius 3 is 2.30 bits per heavy atom. The second-order valence-corrected chi connectivity index (χ2v) is 2.90. The van der Waals surface area contributed by atoms with Gasteiger partial charge < -0.3 is 0 Å². The SMILES string of the molecule is Cc1nc(S)nn1C(C)C. The zero-order valence-electron chi connectivity index (χ0n) is 6.37. The molecule has 0 aliphatic carbocycles. The van der Waals surface area contributed by atoms with E-state index in [0.717, 1.165) is 5.82 Å². The van der Waals surface area contributed by atoms with Gasteiger partial charge in [-0.05, 0) is 20.8 Å². The fourth-order valence-corrected chi connectivity index (χ4v) is 1.12. The fraction of sp³-hybridized carbons (Fsp3) is 0.667. The number of nitrogens with zero attached hydrogens (tertiary/aromatic N) is 3. The number of aryl methyl sites for hydroxylation is 1. The molecular formula is C6H11N3S. The lowest BCUT2D eigenvalue weighted by Crippen LogP contribution is -2.04. The molecule has 0 saturated heterocycles. The quantitative estimate of drug-likeness (QED) is 0.625. The van der Waals surface area contributed by atoms with Crippen molar-refractivity contribution in [2.24, 2.45) is 0 Å². The van der Waals surface area contributed by atoms with Crippen molar-refractivity contribution in [3.8, 4) is 0 Å². The van der Waals surface area contributed by atoms with Crippen LogP contribution in [0, 0.1) is 6.92 Å². The smallest absolute Gasteiger partial charge is 0.205 e. The van der Waals surface area contributed by atoms with E-state index >= 15 is 0 Å². The second kappa shape index (κ2) is 2.62. The zero-order valence-corrected chi connectivity index (χ0v) is 7.26. The summed E-state index contributed by atoms with van der Waals surface area (Å²) in [5.41, 5.74) is 0. The van der Waals surface area contributed by atoms with Crippen LogP contribution in [0.5, 0.6) is 0 Å². The lowest BCUT2D eigenvalue weighted by molar-refractivity contribution is 0.509. The van der Waals surface area contributed by atoms with Crippen molar-refractivity contribution < 1.29 is 0 Å². The first kappa shape index (κ1) is 7.60. The summed E-state index contributed by atoms with van der Waals surface area (Å²) in [4.78, 5) is 4.05. The van der Waals surface area contributed by atoms with E-state index < -0.39 is 0 Å². The van der Waals surface area contributed by atoms with Gasteiger partial charge in [0.2, 0.25) is 5.16 Å². The summed E-state index contributed by atoms with van der Waals surface area (Å²) in [7, 11) is 0. The van der Waals surface area contributed by atoms with E-state index in [1.54, 1.807) is 0 Å². The highest BCUT2D eigenvalue weighted by molar-refractivity contribution is 7.80. The molecule has 0 aliphatic heterocycles. The molecule has 0 amide bonds. The van der Waals surface area contributed by atoms with E-state index in [1.807, 2.05) is 11.6 Å². The summed E-state index contributed by atoms with van der Waals surface area (Å²) in [5, 5.41) is 4.63. The van der Waals surface area contributed by atoms with Crippen LogP contribution >= 0.6 is 12.6 Å². The van der Waals surface area contributed by atoms with Gasteiger partial charge in [0.15, 0.2) is 0 Å². The molecule has 1 rings (SSSR count). The predicted molar refractivity (Wildman–Crippen MR) is 42.4 cm³/mol. The van der Waals surface area contributed by atoms with Crippen LogP contribution < -0.4 is 0 Å². The summed E-state index contributed by atoms with van der Waals surface area (Å²) >= 11 is 4.03. The van der Waals surface area contributed by atoms with Gasteiger partial charge in [0, 0.05) is 6.04 Å². The van der Waals surface area contributed by atoms with E-state index in [0.29, 0.717) is 11.2 Å². The monoisotopic (exact) mass is 157 g/mol. The lowest BCUT2D eigenvalue weighted by Gasteiger charge is -2.04. The van der Waals surface area contributed by atoms with Crippen LogP contribution in [0.25, 0.3) is 0 Å². The van der Waals surface area contributed by atoms with Crippen molar-refractivity contribution in [3.05, 3.63) is 5.82 Å². The molecule has 1 aromatic rings. The highest BCUT2D eigenvalue weighted by Crippen LogP contribution is 2.07. The molecule has 0 fully saturated rings. The van der Waals surface area contributed by atoms with Gasteiger partial charge in [-0.1, -0.05) is 0 Å². The van der Waals surface area contributed by atoms with Crippen LogP contribution in [0.3, 0.4) is 0 Å². The highest BCUT2D eigenvalue weighted by Gasteiger charge is 2.04. The van der Waals surface area contributed by atoms with E-state index in [2.05, 4.69) is 36.6 Å². The van der Waals surface area contributed by atoms with Gasteiger partial charge in [0.1, 0.15) is 5.82 Å². The van der Waals surface area contributed by atoms with Crippen molar-refractivity contribution in [2.45, 2.75) is 32.0 Å². The average Bonchev–Trinajstić information content (AvgIpc) is 2.10. The highest BCUT2D eigenvalue weighted by atomic mass is 32.1. The topological polar surface area (TPSA) is 30.7 Å². The summed E-state index contributed by atoms with van der Waals surface area (Å²) in [5.74, 6) is 0.917. The molecule has 4 heteroatoms. The predicted octanol–water partition coefficient (Wildman–Crippen LogP) is 1.46. The largest absolute Gasteiger partial charge is 0.247 e. The van der Waals surface area contributed by atoms with Gasteiger partial charge in [-0.25, -0.2) is 9.67 Å². The third-order valence-corrected chi connectivity index (χ3v) is 1.47. The van der Waals surface area contributed by atoms with Gasteiger partial charge in [-0.3, -0.25) is 0 Å². The third kappa shape index (κ3) is 1.31. The normalized spacial score (nSPS) is 10.9. The van der Waals surface area contributed by atoms with Gasteiger partial charge in [0.25, 0.3) is 0 Å². The van der Waals surface area contributed by atoms with Crippen molar-refractivity contribution >= 4 is 12.6 Å². The van der Waals surface area contributed by atoms with Crippen LogP contribution in [0.15, 0.2) is 5.16 Å². The van der Waals surface area contributed by atoms with Gasteiger partial charge in [0.05, 0.1) is 0 Å². The Kier molecular flexibility index (Phi) is 1.99. The van der Waals surface area contributed by atoms with E-state index in [9.17, 15) is 0 Å². The molecular weight excluding hydrogens is 146 g/mol. The van der Waals surface area contributed by atoms with Crippen molar-refractivity contribution in [2.75, 3.05) is 0 Å². The molecule has 0 atom stereocenters. The maximum atomic E-state index is 4.08. The lowest BCUT2D eigenvalue weighted by atomic mass is 10.4. The minimum Gasteiger partial charge on any atom is -0.247 e. The van der Waals surface area contributed by atoms with Crippen molar-refractivity contribution in [3.63, 3.8) is 0 Å². The number of hydrogen-bond donors (Lipinski definition) is 1. The number of aromatic nitrogens is 3.